The van der Waals surface area contributed by atoms with Crippen molar-refractivity contribution < 1.29 is 4.79 Å². The summed E-state index contributed by atoms with van der Waals surface area (Å²) in [7, 11) is 3.58. The molecule has 0 fully saturated rings. The van der Waals surface area contributed by atoms with Gasteiger partial charge in [-0.15, -0.1) is 0 Å². The summed E-state index contributed by atoms with van der Waals surface area (Å²) in [4.78, 5) is 22.2. The highest BCUT2D eigenvalue weighted by Crippen LogP contribution is 2.19. The van der Waals surface area contributed by atoms with Gasteiger partial charge in [0.25, 0.3) is 0 Å². The average Bonchev–Trinajstić information content (AvgIpc) is 2.66. The third kappa shape index (κ3) is 4.50. The summed E-state index contributed by atoms with van der Waals surface area (Å²) in [5.41, 5.74) is 16.0. The van der Waals surface area contributed by atoms with Gasteiger partial charge in [-0.25, -0.2) is 4.99 Å². The molecule has 7 heteroatoms. The number of rotatable bonds is 5. The van der Waals surface area contributed by atoms with Crippen molar-refractivity contribution >= 4 is 23.1 Å². The molecule has 1 aromatic rings. The topological polar surface area (TPSA) is 109 Å². The van der Waals surface area contributed by atoms with Crippen LogP contribution in [0.2, 0.25) is 0 Å². The van der Waals surface area contributed by atoms with E-state index in [2.05, 4.69) is 15.3 Å². The number of nitrogens with two attached hydrogens (primary N) is 2. The molecular formula is C19H26N6O. The van der Waals surface area contributed by atoms with Crippen LogP contribution in [0.5, 0.6) is 0 Å². The van der Waals surface area contributed by atoms with Crippen molar-refractivity contribution in [1.29, 1.82) is 0 Å². The lowest BCUT2D eigenvalue weighted by Gasteiger charge is -2.29. The summed E-state index contributed by atoms with van der Waals surface area (Å²) in [6.07, 6.45) is 3.94. The second-order valence-electron chi connectivity index (χ2n) is 5.91. The van der Waals surface area contributed by atoms with Gasteiger partial charge < -0.3 is 21.7 Å². The lowest BCUT2D eigenvalue weighted by atomic mass is 10.0. The van der Waals surface area contributed by atoms with Gasteiger partial charge in [-0.2, -0.15) is 0 Å². The number of carbonyl (C=O) groups is 1. The van der Waals surface area contributed by atoms with Crippen LogP contribution in [0, 0.1) is 0 Å². The molecule has 1 aliphatic heterocycles. The van der Waals surface area contributed by atoms with Gasteiger partial charge in [0.15, 0.2) is 0 Å². The fourth-order valence-electron chi connectivity index (χ4n) is 2.85. The van der Waals surface area contributed by atoms with Crippen LogP contribution in [0.3, 0.4) is 0 Å². The third-order valence-electron chi connectivity index (χ3n) is 4.31. The van der Waals surface area contributed by atoms with E-state index in [9.17, 15) is 4.79 Å². The Bertz CT molecular complexity index is 774. The standard InChI is InChI=1S/C19H26N6O/c1-13(26)25-11-9-18(23-3)16(12-25)19(21)24-15-6-4-14(5-7-15)17(22-2)8-10-20/h4-8,10,23H,9,11-12,20H2,1-3H3,(H2,21,24). The first kappa shape index (κ1) is 19.2. The van der Waals surface area contributed by atoms with Crippen LogP contribution in [-0.4, -0.2) is 49.5 Å². The van der Waals surface area contributed by atoms with Crippen LogP contribution >= 0.6 is 0 Å². The molecule has 0 atom stereocenters. The van der Waals surface area contributed by atoms with Crippen LogP contribution in [0.4, 0.5) is 5.69 Å². The smallest absolute Gasteiger partial charge is 0.219 e. The Kier molecular flexibility index (Phi) is 6.54. The third-order valence-corrected chi connectivity index (χ3v) is 4.31. The van der Waals surface area contributed by atoms with Gasteiger partial charge in [-0.3, -0.25) is 9.79 Å². The predicted octanol–water partition coefficient (Wildman–Crippen LogP) is 1.29. The molecule has 1 amide bonds. The van der Waals surface area contributed by atoms with Gasteiger partial charge in [-0.05, 0) is 30.0 Å². The maximum atomic E-state index is 11.7. The summed E-state index contributed by atoms with van der Waals surface area (Å²) in [6, 6.07) is 7.60. The van der Waals surface area contributed by atoms with Crippen molar-refractivity contribution in [1.82, 2.24) is 10.2 Å². The highest BCUT2D eigenvalue weighted by atomic mass is 16.2. The van der Waals surface area contributed by atoms with Crippen molar-refractivity contribution in [3.63, 3.8) is 0 Å². The summed E-state index contributed by atoms with van der Waals surface area (Å²) in [5, 5.41) is 3.17. The number of amides is 1. The summed E-state index contributed by atoms with van der Waals surface area (Å²) in [5.74, 6) is 0.452. The van der Waals surface area contributed by atoms with E-state index in [1.807, 2.05) is 31.3 Å². The minimum Gasteiger partial charge on any atom is -0.405 e. The summed E-state index contributed by atoms with van der Waals surface area (Å²) < 4.78 is 0. The molecule has 0 spiro atoms. The second-order valence-corrected chi connectivity index (χ2v) is 5.91. The van der Waals surface area contributed by atoms with E-state index in [1.54, 1.807) is 24.9 Å². The average molecular weight is 354 g/mol. The van der Waals surface area contributed by atoms with Gasteiger partial charge in [0.2, 0.25) is 5.91 Å². The predicted molar refractivity (Wildman–Crippen MR) is 106 cm³/mol. The quantitative estimate of drug-likeness (QED) is 0.547. The Labute approximate surface area is 154 Å². The van der Waals surface area contributed by atoms with Gasteiger partial charge >= 0.3 is 0 Å². The number of allylic oxidation sites excluding steroid dienone is 1. The molecule has 1 aliphatic rings. The van der Waals surface area contributed by atoms with Gasteiger partial charge in [-0.1, -0.05) is 12.1 Å². The summed E-state index contributed by atoms with van der Waals surface area (Å²) >= 11 is 0. The van der Waals surface area contributed by atoms with Crippen molar-refractivity contribution in [3.8, 4) is 0 Å². The number of hydrogen-bond acceptors (Lipinski definition) is 5. The zero-order valence-electron chi connectivity index (χ0n) is 15.5. The molecule has 0 radical (unpaired) electrons. The van der Waals surface area contributed by atoms with E-state index >= 15 is 0 Å². The van der Waals surface area contributed by atoms with Crippen molar-refractivity contribution in [3.05, 3.63) is 53.4 Å². The molecule has 2 rings (SSSR count). The van der Waals surface area contributed by atoms with Crippen LogP contribution < -0.4 is 16.8 Å². The molecule has 1 aromatic carbocycles. The highest BCUT2D eigenvalue weighted by molar-refractivity contribution is 6.08. The van der Waals surface area contributed by atoms with E-state index in [4.69, 9.17) is 11.5 Å². The fourth-order valence-corrected chi connectivity index (χ4v) is 2.85. The van der Waals surface area contributed by atoms with Crippen molar-refractivity contribution in [2.24, 2.45) is 21.5 Å². The van der Waals surface area contributed by atoms with Gasteiger partial charge in [0, 0.05) is 45.3 Å². The maximum Gasteiger partial charge on any atom is 0.219 e. The zero-order valence-corrected chi connectivity index (χ0v) is 15.5. The van der Waals surface area contributed by atoms with E-state index in [0.29, 0.717) is 18.9 Å². The van der Waals surface area contributed by atoms with E-state index in [-0.39, 0.29) is 5.91 Å². The Morgan fingerprint density at radius 1 is 1.31 bits per heavy atom. The normalized spacial score (nSPS) is 16.3. The molecule has 0 saturated heterocycles. The van der Waals surface area contributed by atoms with Crippen molar-refractivity contribution in [2.75, 3.05) is 27.2 Å². The van der Waals surface area contributed by atoms with Crippen LogP contribution in [0.1, 0.15) is 18.9 Å². The van der Waals surface area contributed by atoms with Crippen LogP contribution in [-0.2, 0) is 4.79 Å². The number of aliphatic imine (C=N–C) groups is 2. The first-order valence-corrected chi connectivity index (χ1v) is 8.45. The number of nitrogens with zero attached hydrogens (tertiary/aromatic N) is 3. The minimum atomic E-state index is 0.0362. The molecule has 1 heterocycles. The molecule has 0 aliphatic carbocycles. The molecular weight excluding hydrogens is 328 g/mol. The largest absolute Gasteiger partial charge is 0.405 e. The first-order valence-electron chi connectivity index (χ1n) is 8.45. The van der Waals surface area contributed by atoms with E-state index < -0.39 is 0 Å². The molecule has 138 valence electrons. The Balaban J connectivity index is 2.27. The van der Waals surface area contributed by atoms with E-state index in [0.717, 1.165) is 34.7 Å². The monoisotopic (exact) mass is 354 g/mol. The highest BCUT2D eigenvalue weighted by Gasteiger charge is 2.22. The van der Waals surface area contributed by atoms with Crippen LogP contribution in [0.25, 0.3) is 0 Å². The lowest BCUT2D eigenvalue weighted by molar-refractivity contribution is -0.128. The molecule has 0 unspecified atom stereocenters. The first-order chi connectivity index (χ1) is 12.5. The van der Waals surface area contributed by atoms with E-state index in [1.165, 1.54) is 6.20 Å². The second kappa shape index (κ2) is 8.84. The fraction of sp³-hybridized carbons (Fsp3) is 0.316. The molecule has 0 aromatic heterocycles. The SMILES string of the molecule is CN=C(C=CN)c1ccc(N=C(N)C2=C(NC)CCN(C(C)=O)C2)cc1. The summed E-state index contributed by atoms with van der Waals surface area (Å²) in [6.45, 7) is 2.72. The molecule has 26 heavy (non-hydrogen) atoms. The van der Waals surface area contributed by atoms with Crippen LogP contribution in [0.15, 0.2) is 57.8 Å². The Hall–Kier alpha value is -3.09. The number of amidine groups is 1. The number of hydrogen-bond donors (Lipinski definition) is 3. The Morgan fingerprint density at radius 3 is 2.54 bits per heavy atom. The molecule has 5 N–H and O–H groups in total. The molecule has 0 bridgehead atoms. The minimum absolute atomic E-state index is 0.0362. The lowest BCUT2D eigenvalue weighted by Crippen LogP contribution is -2.40. The van der Waals surface area contributed by atoms with Gasteiger partial charge in [0.1, 0.15) is 5.84 Å². The molecule has 0 saturated carbocycles. The number of carbonyl (C=O) groups excluding carboxylic acids is 1. The van der Waals surface area contributed by atoms with Gasteiger partial charge in [0.05, 0.1) is 17.9 Å². The zero-order chi connectivity index (χ0) is 19.1. The van der Waals surface area contributed by atoms with Crippen molar-refractivity contribution in [2.45, 2.75) is 13.3 Å². The molecule has 7 nitrogen and oxygen atoms in total. The number of benzene rings is 1. The maximum absolute atomic E-state index is 11.7. The Morgan fingerprint density at radius 2 is 2.00 bits per heavy atom. The number of nitrogens with one attached hydrogen (secondary N) is 1.